The lowest BCUT2D eigenvalue weighted by atomic mass is 10.2. The molecule has 1 aromatic heterocycles. The van der Waals surface area contributed by atoms with Gasteiger partial charge in [0.2, 0.25) is 0 Å². The first-order chi connectivity index (χ1) is 10.1. The van der Waals surface area contributed by atoms with Crippen LogP contribution < -0.4 is 5.32 Å². The monoisotopic (exact) mass is 286 g/mol. The van der Waals surface area contributed by atoms with Crippen LogP contribution >= 0.6 is 0 Å². The quantitative estimate of drug-likeness (QED) is 0.854. The Kier molecular flexibility index (Phi) is 4.77. The van der Waals surface area contributed by atoms with Crippen molar-refractivity contribution in [3.63, 3.8) is 0 Å². The molecule has 110 valence electrons. The summed E-state index contributed by atoms with van der Waals surface area (Å²) < 4.78 is 1.80. The van der Waals surface area contributed by atoms with Crippen LogP contribution in [0.1, 0.15) is 29.4 Å². The molecular weight excluding hydrogens is 268 g/mol. The van der Waals surface area contributed by atoms with E-state index in [2.05, 4.69) is 5.32 Å². The van der Waals surface area contributed by atoms with Gasteiger partial charge in [-0.3, -0.25) is 4.79 Å². The lowest BCUT2D eigenvalue weighted by Gasteiger charge is -2.14. The molecule has 0 saturated carbocycles. The van der Waals surface area contributed by atoms with Crippen LogP contribution in [0.4, 0.5) is 0 Å². The maximum absolute atomic E-state index is 12.2. The number of aliphatic carboxylic acids is 1. The molecule has 0 spiro atoms. The van der Waals surface area contributed by atoms with Gasteiger partial charge in [0.1, 0.15) is 11.7 Å². The second-order valence-electron chi connectivity index (χ2n) is 4.78. The Hall–Kier alpha value is -2.56. The van der Waals surface area contributed by atoms with Crippen LogP contribution in [0.2, 0.25) is 0 Å². The van der Waals surface area contributed by atoms with Crippen molar-refractivity contribution >= 4 is 11.9 Å². The van der Waals surface area contributed by atoms with Crippen LogP contribution in [0.3, 0.4) is 0 Å². The number of amides is 1. The average Bonchev–Trinajstić information content (AvgIpc) is 2.93. The topological polar surface area (TPSA) is 71.3 Å². The number of carboxylic acids is 1. The SMILES string of the molecule is CCC(NC(=O)c1cccn1Cc1ccccc1)C(=O)O. The van der Waals surface area contributed by atoms with E-state index in [1.54, 1.807) is 23.6 Å². The number of nitrogens with one attached hydrogen (secondary N) is 1. The summed E-state index contributed by atoms with van der Waals surface area (Å²) in [5.41, 5.74) is 1.53. The smallest absolute Gasteiger partial charge is 0.326 e. The fraction of sp³-hybridized carbons (Fsp3) is 0.250. The highest BCUT2D eigenvalue weighted by molar-refractivity contribution is 5.95. The van der Waals surface area contributed by atoms with Gasteiger partial charge < -0.3 is 15.0 Å². The van der Waals surface area contributed by atoms with E-state index in [9.17, 15) is 9.59 Å². The third-order valence-corrected chi connectivity index (χ3v) is 3.27. The highest BCUT2D eigenvalue weighted by Gasteiger charge is 2.20. The van der Waals surface area contributed by atoms with Crippen molar-refractivity contribution in [1.29, 1.82) is 0 Å². The molecule has 0 fully saturated rings. The Morgan fingerprint density at radius 2 is 1.90 bits per heavy atom. The molecule has 0 saturated heterocycles. The van der Waals surface area contributed by atoms with Crippen molar-refractivity contribution in [2.45, 2.75) is 25.9 Å². The lowest BCUT2D eigenvalue weighted by molar-refractivity contribution is -0.139. The van der Waals surface area contributed by atoms with Gasteiger partial charge in [-0.2, -0.15) is 0 Å². The molecule has 0 radical (unpaired) electrons. The zero-order valence-electron chi connectivity index (χ0n) is 11.8. The number of carbonyl (C=O) groups excluding carboxylic acids is 1. The molecular formula is C16H18N2O3. The van der Waals surface area contributed by atoms with E-state index < -0.39 is 12.0 Å². The number of aromatic nitrogens is 1. The first-order valence-electron chi connectivity index (χ1n) is 6.84. The van der Waals surface area contributed by atoms with Crippen LogP contribution in [0.25, 0.3) is 0 Å². The number of hydrogen-bond acceptors (Lipinski definition) is 2. The van der Waals surface area contributed by atoms with Gasteiger partial charge in [-0.1, -0.05) is 37.3 Å². The number of nitrogens with zero attached hydrogens (tertiary/aromatic N) is 1. The molecule has 0 aliphatic rings. The minimum absolute atomic E-state index is 0.348. The Morgan fingerprint density at radius 1 is 1.19 bits per heavy atom. The minimum Gasteiger partial charge on any atom is -0.480 e. The van der Waals surface area contributed by atoms with Gasteiger partial charge in [-0.05, 0) is 24.1 Å². The third-order valence-electron chi connectivity index (χ3n) is 3.27. The fourth-order valence-corrected chi connectivity index (χ4v) is 2.11. The molecule has 0 aliphatic carbocycles. The molecule has 1 amide bonds. The normalized spacial score (nSPS) is 11.9. The molecule has 0 bridgehead atoms. The van der Waals surface area contributed by atoms with Gasteiger partial charge in [0.15, 0.2) is 0 Å². The first kappa shape index (κ1) is 14.8. The minimum atomic E-state index is -1.02. The zero-order valence-corrected chi connectivity index (χ0v) is 11.8. The van der Waals surface area contributed by atoms with Crippen molar-refractivity contribution in [2.75, 3.05) is 0 Å². The fourth-order valence-electron chi connectivity index (χ4n) is 2.11. The zero-order chi connectivity index (χ0) is 15.2. The largest absolute Gasteiger partial charge is 0.480 e. The number of carboxylic acid groups (broad SMARTS) is 1. The Balaban J connectivity index is 2.12. The van der Waals surface area contributed by atoms with Gasteiger partial charge in [0.05, 0.1) is 0 Å². The summed E-state index contributed by atoms with van der Waals surface area (Å²) in [6, 6.07) is 12.4. The van der Waals surface area contributed by atoms with Crippen LogP contribution in [0, 0.1) is 0 Å². The van der Waals surface area contributed by atoms with Crippen LogP contribution in [-0.4, -0.2) is 27.6 Å². The summed E-state index contributed by atoms with van der Waals surface area (Å²) in [5.74, 6) is -1.39. The molecule has 2 N–H and O–H groups in total. The van der Waals surface area contributed by atoms with Crippen molar-refractivity contribution in [1.82, 2.24) is 9.88 Å². The van der Waals surface area contributed by atoms with Gasteiger partial charge >= 0.3 is 5.97 Å². The molecule has 2 rings (SSSR count). The van der Waals surface area contributed by atoms with Gasteiger partial charge in [-0.25, -0.2) is 4.79 Å². The number of rotatable bonds is 6. The maximum atomic E-state index is 12.2. The van der Waals surface area contributed by atoms with Crippen LogP contribution in [0.15, 0.2) is 48.7 Å². The van der Waals surface area contributed by atoms with E-state index in [4.69, 9.17) is 5.11 Å². The summed E-state index contributed by atoms with van der Waals surface area (Å²) in [6.45, 7) is 2.29. The molecule has 5 nitrogen and oxygen atoms in total. The highest BCUT2D eigenvalue weighted by atomic mass is 16.4. The second-order valence-corrected chi connectivity index (χ2v) is 4.78. The van der Waals surface area contributed by atoms with Gasteiger partial charge in [0.25, 0.3) is 5.91 Å². The van der Waals surface area contributed by atoms with E-state index in [1.807, 2.05) is 36.5 Å². The van der Waals surface area contributed by atoms with Crippen molar-refractivity contribution < 1.29 is 14.7 Å². The van der Waals surface area contributed by atoms with Crippen molar-refractivity contribution in [3.05, 3.63) is 59.9 Å². The highest BCUT2D eigenvalue weighted by Crippen LogP contribution is 2.08. The summed E-state index contributed by atoms with van der Waals surface area (Å²) in [5, 5.41) is 11.5. The Bertz CT molecular complexity index is 619. The molecule has 0 aliphatic heterocycles. The third kappa shape index (κ3) is 3.72. The van der Waals surface area contributed by atoms with Gasteiger partial charge in [-0.15, -0.1) is 0 Å². The predicted molar refractivity (Wildman–Crippen MR) is 79.2 cm³/mol. The molecule has 1 aromatic carbocycles. The predicted octanol–water partition coefficient (Wildman–Crippen LogP) is 2.13. The molecule has 1 atom stereocenters. The molecule has 5 heteroatoms. The maximum Gasteiger partial charge on any atom is 0.326 e. The molecule has 21 heavy (non-hydrogen) atoms. The van der Waals surface area contributed by atoms with E-state index in [0.717, 1.165) is 5.56 Å². The number of benzene rings is 1. The van der Waals surface area contributed by atoms with E-state index >= 15 is 0 Å². The number of hydrogen-bond donors (Lipinski definition) is 2. The van der Waals surface area contributed by atoms with Gasteiger partial charge in [0, 0.05) is 12.7 Å². The Morgan fingerprint density at radius 3 is 2.52 bits per heavy atom. The van der Waals surface area contributed by atoms with E-state index in [1.165, 1.54) is 0 Å². The van der Waals surface area contributed by atoms with Crippen molar-refractivity contribution in [3.8, 4) is 0 Å². The summed E-state index contributed by atoms with van der Waals surface area (Å²) >= 11 is 0. The van der Waals surface area contributed by atoms with E-state index in [0.29, 0.717) is 18.7 Å². The summed E-state index contributed by atoms with van der Waals surface area (Å²) in [7, 11) is 0. The Labute approximate surface area is 123 Å². The van der Waals surface area contributed by atoms with Crippen LogP contribution in [0.5, 0.6) is 0 Å². The summed E-state index contributed by atoms with van der Waals surface area (Å²) in [6.07, 6.45) is 2.16. The standard InChI is InChI=1S/C16H18N2O3/c1-2-13(16(20)21)17-15(19)14-9-6-10-18(14)11-12-7-4-3-5-8-12/h3-10,13H,2,11H2,1H3,(H,17,19)(H,20,21). The molecule has 1 unspecified atom stereocenters. The van der Waals surface area contributed by atoms with Crippen LogP contribution in [-0.2, 0) is 11.3 Å². The van der Waals surface area contributed by atoms with Crippen molar-refractivity contribution in [2.24, 2.45) is 0 Å². The molecule has 2 aromatic rings. The average molecular weight is 286 g/mol. The second kappa shape index (κ2) is 6.74. The first-order valence-corrected chi connectivity index (χ1v) is 6.84. The number of carbonyl (C=O) groups is 2. The van der Waals surface area contributed by atoms with E-state index in [-0.39, 0.29) is 5.91 Å². The summed E-state index contributed by atoms with van der Waals surface area (Å²) in [4.78, 5) is 23.2. The lowest BCUT2D eigenvalue weighted by Crippen LogP contribution is -2.41. The molecule has 1 heterocycles.